The van der Waals surface area contributed by atoms with E-state index >= 15 is 0 Å². The molecule has 0 radical (unpaired) electrons. The second-order valence-electron chi connectivity index (χ2n) is 7.76. The van der Waals surface area contributed by atoms with Crippen LogP contribution in [0.2, 0.25) is 0 Å². The topological polar surface area (TPSA) is 65.7 Å². The van der Waals surface area contributed by atoms with E-state index in [9.17, 15) is 27.2 Å². The molecule has 180 valence electrons. The van der Waals surface area contributed by atoms with Gasteiger partial charge in [0.25, 0.3) is 5.76 Å². The van der Waals surface area contributed by atoms with Crippen LogP contribution in [0.1, 0.15) is 16.1 Å². The maximum atomic E-state index is 13.8. The van der Waals surface area contributed by atoms with Crippen molar-refractivity contribution in [3.8, 4) is 17.2 Å². The van der Waals surface area contributed by atoms with Crippen molar-refractivity contribution < 1.29 is 36.2 Å². The van der Waals surface area contributed by atoms with Crippen molar-refractivity contribution in [1.29, 1.82) is 0 Å². The zero-order chi connectivity index (χ0) is 25.4. The number of fused-ring (bicyclic) bond motifs is 2. The first-order valence-electron chi connectivity index (χ1n) is 10.5. The average molecular weight is 494 g/mol. The van der Waals surface area contributed by atoms with Crippen molar-refractivity contribution in [1.82, 2.24) is 0 Å². The van der Waals surface area contributed by atoms with Crippen LogP contribution in [0.15, 0.2) is 94.1 Å². The summed E-state index contributed by atoms with van der Waals surface area (Å²) in [6, 6.07) is 19.8. The number of carbonyl (C=O) groups excluding carboxylic acids is 1. The molecular weight excluding hydrogens is 480 g/mol. The number of ether oxygens (including phenoxy) is 2. The molecule has 0 amide bonds. The van der Waals surface area contributed by atoms with Crippen LogP contribution >= 0.6 is 0 Å². The van der Waals surface area contributed by atoms with Gasteiger partial charge in [0, 0.05) is 6.07 Å². The van der Waals surface area contributed by atoms with E-state index in [2.05, 4.69) is 0 Å². The van der Waals surface area contributed by atoms with Crippen LogP contribution in [0, 0.1) is 5.82 Å². The lowest BCUT2D eigenvalue weighted by Crippen LogP contribution is -2.15. The van der Waals surface area contributed by atoms with Crippen LogP contribution in [-0.4, -0.2) is 5.97 Å². The smallest absolute Gasteiger partial charge is 0.449 e. The largest absolute Gasteiger partial charge is 0.453 e. The fourth-order valence-corrected chi connectivity index (χ4v) is 3.63. The predicted octanol–water partition coefficient (Wildman–Crippen LogP) is 7.12. The molecule has 0 spiro atoms. The van der Waals surface area contributed by atoms with E-state index in [0.29, 0.717) is 5.39 Å². The van der Waals surface area contributed by atoms with Gasteiger partial charge in [-0.2, -0.15) is 13.2 Å². The summed E-state index contributed by atoms with van der Waals surface area (Å²) in [6.07, 6.45) is -5.06. The number of alkyl halides is 3. The van der Waals surface area contributed by atoms with Crippen LogP contribution in [0.4, 0.5) is 17.6 Å². The van der Waals surface area contributed by atoms with Gasteiger partial charge < -0.3 is 13.9 Å². The molecule has 1 aromatic heterocycles. The Kier molecular flexibility index (Phi) is 5.68. The molecule has 0 aliphatic heterocycles. The van der Waals surface area contributed by atoms with Gasteiger partial charge in [-0.3, -0.25) is 4.79 Å². The molecule has 5 rings (SSSR count). The first kappa shape index (κ1) is 23.1. The molecule has 0 saturated carbocycles. The van der Waals surface area contributed by atoms with Crippen molar-refractivity contribution in [2.24, 2.45) is 0 Å². The Balaban J connectivity index is 1.55. The lowest BCUT2D eigenvalue weighted by Gasteiger charge is -2.14. The van der Waals surface area contributed by atoms with Crippen LogP contribution in [0.3, 0.4) is 0 Å². The van der Waals surface area contributed by atoms with E-state index in [0.717, 1.165) is 29.7 Å². The predicted molar refractivity (Wildman–Crippen MR) is 123 cm³/mol. The number of rotatable bonds is 4. The van der Waals surface area contributed by atoms with E-state index in [1.807, 2.05) is 12.1 Å². The SMILES string of the molecule is O=C(Oc1ccc2c(=O)c(Oc3ccc4ccccc4c3)c(C(F)(F)F)oc2c1)c1cccc(F)c1. The van der Waals surface area contributed by atoms with Crippen LogP contribution in [-0.2, 0) is 6.18 Å². The van der Waals surface area contributed by atoms with Crippen molar-refractivity contribution in [2.45, 2.75) is 6.18 Å². The molecule has 0 N–H and O–H groups in total. The zero-order valence-electron chi connectivity index (χ0n) is 18.1. The molecule has 4 aromatic carbocycles. The molecule has 36 heavy (non-hydrogen) atoms. The standard InChI is InChI=1S/C27H14F4O5/c28-18-7-3-6-17(12-18)26(33)35-20-10-11-21-22(14-20)36-25(27(29,30)31)24(23(21)32)34-19-9-8-15-4-1-2-5-16(15)13-19/h1-14H. The van der Waals surface area contributed by atoms with Crippen LogP contribution < -0.4 is 14.9 Å². The molecule has 5 nitrogen and oxygen atoms in total. The number of benzene rings is 4. The third kappa shape index (κ3) is 4.50. The monoisotopic (exact) mass is 494 g/mol. The summed E-state index contributed by atoms with van der Waals surface area (Å²) >= 11 is 0. The van der Waals surface area contributed by atoms with Crippen molar-refractivity contribution >= 4 is 27.7 Å². The molecule has 0 atom stereocenters. The minimum Gasteiger partial charge on any atom is -0.449 e. The summed E-state index contributed by atoms with van der Waals surface area (Å²) < 4.78 is 70.5. The Morgan fingerprint density at radius 3 is 2.31 bits per heavy atom. The number of hydrogen-bond donors (Lipinski definition) is 0. The molecule has 0 aliphatic rings. The number of hydrogen-bond acceptors (Lipinski definition) is 5. The van der Waals surface area contributed by atoms with Gasteiger partial charge in [-0.1, -0.05) is 36.4 Å². The van der Waals surface area contributed by atoms with E-state index in [1.165, 1.54) is 30.3 Å². The Morgan fingerprint density at radius 1 is 0.806 bits per heavy atom. The average Bonchev–Trinajstić information content (AvgIpc) is 2.85. The Hall–Kier alpha value is -4.66. The highest BCUT2D eigenvalue weighted by atomic mass is 19.4. The number of esters is 1. The maximum Gasteiger partial charge on any atom is 0.453 e. The first-order chi connectivity index (χ1) is 17.2. The normalized spacial score (nSPS) is 11.6. The number of carbonyl (C=O) groups is 1. The van der Waals surface area contributed by atoms with Gasteiger partial charge in [-0.25, -0.2) is 9.18 Å². The summed E-state index contributed by atoms with van der Waals surface area (Å²) in [5.74, 6) is -4.44. The van der Waals surface area contributed by atoms with Gasteiger partial charge in [-0.15, -0.1) is 0 Å². The maximum absolute atomic E-state index is 13.8. The molecule has 0 fully saturated rings. The molecule has 0 saturated heterocycles. The molecule has 0 aliphatic carbocycles. The fourth-order valence-electron chi connectivity index (χ4n) is 3.63. The summed E-state index contributed by atoms with van der Waals surface area (Å²) in [7, 11) is 0. The van der Waals surface area contributed by atoms with Crippen molar-refractivity contribution in [3.63, 3.8) is 0 Å². The quantitative estimate of drug-likeness (QED) is 0.151. The molecule has 9 heteroatoms. The highest BCUT2D eigenvalue weighted by molar-refractivity contribution is 5.91. The molecular formula is C27H14F4O5. The minimum absolute atomic E-state index is 0.0199. The summed E-state index contributed by atoms with van der Waals surface area (Å²) in [4.78, 5) is 25.3. The number of halogens is 4. The van der Waals surface area contributed by atoms with E-state index in [1.54, 1.807) is 18.2 Å². The summed E-state index contributed by atoms with van der Waals surface area (Å²) in [5, 5.41) is 1.33. The van der Waals surface area contributed by atoms with Gasteiger partial charge in [0.1, 0.15) is 22.9 Å². The van der Waals surface area contributed by atoms with Crippen LogP contribution in [0.25, 0.3) is 21.7 Å². The highest BCUT2D eigenvalue weighted by Gasteiger charge is 2.40. The lowest BCUT2D eigenvalue weighted by molar-refractivity contribution is -0.154. The Morgan fingerprint density at radius 2 is 1.56 bits per heavy atom. The third-order valence-corrected chi connectivity index (χ3v) is 5.29. The summed E-state index contributed by atoms with van der Waals surface area (Å²) in [5.41, 5.74) is -1.63. The second-order valence-corrected chi connectivity index (χ2v) is 7.76. The Labute approximate surface area is 200 Å². The minimum atomic E-state index is -5.06. The van der Waals surface area contributed by atoms with Crippen molar-refractivity contribution in [2.75, 3.05) is 0 Å². The van der Waals surface area contributed by atoms with Crippen LogP contribution in [0.5, 0.6) is 17.2 Å². The van der Waals surface area contributed by atoms with E-state index in [-0.39, 0.29) is 22.4 Å². The molecule has 5 aromatic rings. The Bertz CT molecular complexity index is 1690. The second kappa shape index (κ2) is 8.84. The molecule has 0 unspecified atom stereocenters. The van der Waals surface area contributed by atoms with Gasteiger partial charge >= 0.3 is 12.1 Å². The first-order valence-corrected chi connectivity index (χ1v) is 10.5. The van der Waals surface area contributed by atoms with Crippen molar-refractivity contribution in [3.05, 3.63) is 112 Å². The highest BCUT2D eigenvalue weighted by Crippen LogP contribution is 2.39. The van der Waals surface area contributed by atoms with E-state index in [4.69, 9.17) is 13.9 Å². The summed E-state index contributed by atoms with van der Waals surface area (Å²) in [6.45, 7) is 0. The van der Waals surface area contributed by atoms with E-state index < -0.39 is 40.5 Å². The lowest BCUT2D eigenvalue weighted by atomic mass is 10.1. The third-order valence-electron chi connectivity index (χ3n) is 5.29. The molecule has 0 bridgehead atoms. The van der Waals surface area contributed by atoms with Gasteiger partial charge in [0.2, 0.25) is 11.2 Å². The molecule has 1 heterocycles. The van der Waals surface area contributed by atoms with Gasteiger partial charge in [-0.05, 0) is 53.2 Å². The van der Waals surface area contributed by atoms with Gasteiger partial charge in [0.15, 0.2) is 0 Å². The van der Waals surface area contributed by atoms with Gasteiger partial charge in [0.05, 0.1) is 10.9 Å². The zero-order valence-corrected chi connectivity index (χ0v) is 18.1. The fraction of sp³-hybridized carbons (Fsp3) is 0.0370.